The molecule has 1 amide bonds. The van der Waals surface area contributed by atoms with Gasteiger partial charge in [0.05, 0.1) is 11.7 Å². The maximum absolute atomic E-state index is 12.5. The van der Waals surface area contributed by atoms with Crippen LogP contribution in [0.5, 0.6) is 0 Å². The van der Waals surface area contributed by atoms with Gasteiger partial charge in [0.25, 0.3) is 5.91 Å². The molecule has 1 atom stereocenters. The van der Waals surface area contributed by atoms with Crippen LogP contribution in [0.25, 0.3) is 11.5 Å². The molecule has 0 aliphatic carbocycles. The molecule has 0 aromatic carbocycles. The maximum Gasteiger partial charge on any atom is 0.270 e. The van der Waals surface area contributed by atoms with Gasteiger partial charge in [0, 0.05) is 5.69 Å². The molecule has 1 unspecified atom stereocenters. The Morgan fingerprint density at radius 3 is 2.62 bits per heavy atom. The van der Waals surface area contributed by atoms with Gasteiger partial charge in [0.15, 0.2) is 5.76 Å². The first kappa shape index (κ1) is 15.9. The maximum atomic E-state index is 12.5. The first-order valence-corrected chi connectivity index (χ1v) is 7.67. The van der Waals surface area contributed by atoms with E-state index in [1.807, 2.05) is 39.0 Å². The minimum atomic E-state index is -0.279. The Labute approximate surface area is 139 Å². The second-order valence-corrected chi connectivity index (χ2v) is 5.77. The summed E-state index contributed by atoms with van der Waals surface area (Å²) in [6, 6.07) is 6.98. The van der Waals surface area contributed by atoms with Crippen LogP contribution in [-0.2, 0) is 0 Å². The lowest BCUT2D eigenvalue weighted by Gasteiger charge is -2.11. The molecular formula is C17H19N5O2. The Kier molecular flexibility index (Phi) is 4.16. The Balaban J connectivity index is 1.83. The summed E-state index contributed by atoms with van der Waals surface area (Å²) in [4.78, 5) is 21.1. The van der Waals surface area contributed by atoms with E-state index >= 15 is 0 Å². The van der Waals surface area contributed by atoms with Crippen molar-refractivity contribution in [2.45, 2.75) is 33.7 Å². The van der Waals surface area contributed by atoms with Crippen LogP contribution in [0.2, 0.25) is 0 Å². The van der Waals surface area contributed by atoms with Crippen molar-refractivity contribution in [1.29, 1.82) is 0 Å². The summed E-state index contributed by atoms with van der Waals surface area (Å²) >= 11 is 0. The van der Waals surface area contributed by atoms with Crippen LogP contribution < -0.4 is 5.32 Å². The number of nitrogens with zero attached hydrogens (tertiary/aromatic N) is 3. The second-order valence-electron chi connectivity index (χ2n) is 5.77. The lowest BCUT2D eigenvalue weighted by atomic mass is 10.2. The topological polar surface area (TPSA) is 96.7 Å². The fraction of sp³-hybridized carbons (Fsp3) is 0.294. The number of nitrogens with one attached hydrogen (secondary N) is 2. The zero-order chi connectivity index (χ0) is 17.3. The van der Waals surface area contributed by atoms with Crippen molar-refractivity contribution < 1.29 is 9.21 Å². The molecule has 0 bridgehead atoms. The van der Waals surface area contributed by atoms with Gasteiger partial charge in [0.1, 0.15) is 23.0 Å². The predicted octanol–water partition coefficient (Wildman–Crippen LogP) is 2.88. The van der Waals surface area contributed by atoms with Crippen LogP contribution in [0.3, 0.4) is 0 Å². The molecule has 7 nitrogen and oxygen atoms in total. The third-order valence-corrected chi connectivity index (χ3v) is 3.58. The summed E-state index contributed by atoms with van der Waals surface area (Å²) in [7, 11) is 0. The molecule has 2 N–H and O–H groups in total. The van der Waals surface area contributed by atoms with Crippen molar-refractivity contribution in [2.75, 3.05) is 0 Å². The molecule has 3 heterocycles. The number of aromatic amines is 1. The van der Waals surface area contributed by atoms with Crippen LogP contribution in [0, 0.1) is 20.8 Å². The molecule has 0 saturated carbocycles. The smallest absolute Gasteiger partial charge is 0.270 e. The highest BCUT2D eigenvalue weighted by atomic mass is 16.3. The number of aromatic nitrogens is 4. The standard InChI is InChI=1S/C17H19N5O2/c1-9-7-13(22-21-9)11(3)18-17(23)15-8-14(19-12(4)20-15)16-6-5-10(2)24-16/h5-8,11H,1-4H3,(H,18,23)(H,21,22). The fourth-order valence-corrected chi connectivity index (χ4v) is 2.39. The number of hydrogen-bond donors (Lipinski definition) is 2. The summed E-state index contributed by atoms with van der Waals surface area (Å²) < 4.78 is 5.58. The molecule has 0 aliphatic heterocycles. The molecular weight excluding hydrogens is 306 g/mol. The normalized spacial score (nSPS) is 12.2. The van der Waals surface area contributed by atoms with Gasteiger partial charge < -0.3 is 9.73 Å². The SMILES string of the molecule is Cc1nc(C(=O)NC(C)c2cc(C)[nH]n2)cc(-c2ccc(C)o2)n1. The summed E-state index contributed by atoms with van der Waals surface area (Å²) in [6.07, 6.45) is 0. The molecule has 3 aromatic rings. The van der Waals surface area contributed by atoms with E-state index in [1.165, 1.54) is 0 Å². The van der Waals surface area contributed by atoms with Crippen LogP contribution >= 0.6 is 0 Å². The number of carbonyl (C=O) groups is 1. The summed E-state index contributed by atoms with van der Waals surface area (Å²) in [5.74, 6) is 1.63. The number of amides is 1. The first-order valence-electron chi connectivity index (χ1n) is 7.67. The average Bonchev–Trinajstić information content (AvgIpc) is 3.15. The van der Waals surface area contributed by atoms with Gasteiger partial charge in [-0.2, -0.15) is 5.10 Å². The predicted molar refractivity (Wildman–Crippen MR) is 88.4 cm³/mol. The Bertz CT molecular complexity index is 881. The Morgan fingerprint density at radius 2 is 2.00 bits per heavy atom. The number of aryl methyl sites for hydroxylation is 3. The van der Waals surface area contributed by atoms with E-state index < -0.39 is 0 Å². The van der Waals surface area contributed by atoms with Gasteiger partial charge in [-0.3, -0.25) is 9.89 Å². The van der Waals surface area contributed by atoms with E-state index in [0.29, 0.717) is 23.0 Å². The van der Waals surface area contributed by atoms with Gasteiger partial charge in [-0.05, 0) is 52.0 Å². The molecule has 3 aromatic heterocycles. The summed E-state index contributed by atoms with van der Waals surface area (Å²) in [5.41, 5.74) is 2.60. The van der Waals surface area contributed by atoms with Crippen molar-refractivity contribution >= 4 is 5.91 Å². The van der Waals surface area contributed by atoms with Crippen LogP contribution in [0.1, 0.15) is 46.4 Å². The van der Waals surface area contributed by atoms with Crippen molar-refractivity contribution in [3.05, 3.63) is 52.9 Å². The minimum Gasteiger partial charge on any atom is -0.460 e. The van der Waals surface area contributed by atoms with Crippen LogP contribution in [0.4, 0.5) is 0 Å². The van der Waals surface area contributed by atoms with Gasteiger partial charge in [-0.1, -0.05) is 0 Å². The number of furan rings is 1. The monoisotopic (exact) mass is 325 g/mol. The molecule has 7 heteroatoms. The van der Waals surface area contributed by atoms with E-state index in [9.17, 15) is 4.79 Å². The fourth-order valence-electron chi connectivity index (χ4n) is 2.39. The molecule has 0 radical (unpaired) electrons. The largest absolute Gasteiger partial charge is 0.460 e. The van der Waals surface area contributed by atoms with E-state index in [2.05, 4.69) is 25.5 Å². The van der Waals surface area contributed by atoms with Gasteiger partial charge in [-0.15, -0.1) is 0 Å². The molecule has 0 spiro atoms. The number of hydrogen-bond acceptors (Lipinski definition) is 5. The molecule has 0 saturated heterocycles. The number of H-pyrrole nitrogens is 1. The third-order valence-electron chi connectivity index (χ3n) is 3.58. The van der Waals surface area contributed by atoms with Crippen molar-refractivity contribution in [3.63, 3.8) is 0 Å². The first-order chi connectivity index (χ1) is 11.4. The molecule has 0 fully saturated rings. The molecule has 24 heavy (non-hydrogen) atoms. The average molecular weight is 325 g/mol. The minimum absolute atomic E-state index is 0.230. The van der Waals surface area contributed by atoms with Gasteiger partial charge in [0.2, 0.25) is 0 Å². The van der Waals surface area contributed by atoms with Crippen molar-refractivity contribution in [3.8, 4) is 11.5 Å². The zero-order valence-electron chi connectivity index (χ0n) is 14.0. The zero-order valence-corrected chi connectivity index (χ0v) is 14.0. The summed E-state index contributed by atoms with van der Waals surface area (Å²) in [5, 5.41) is 9.92. The third kappa shape index (κ3) is 3.34. The molecule has 124 valence electrons. The molecule has 3 rings (SSSR count). The Morgan fingerprint density at radius 1 is 1.21 bits per heavy atom. The van der Waals surface area contributed by atoms with E-state index in [0.717, 1.165) is 17.1 Å². The van der Waals surface area contributed by atoms with E-state index in [1.54, 1.807) is 13.0 Å². The van der Waals surface area contributed by atoms with Gasteiger partial charge in [-0.25, -0.2) is 9.97 Å². The lowest BCUT2D eigenvalue weighted by Crippen LogP contribution is -2.28. The molecule has 0 aliphatic rings. The van der Waals surface area contributed by atoms with Crippen LogP contribution in [-0.4, -0.2) is 26.1 Å². The van der Waals surface area contributed by atoms with E-state index in [-0.39, 0.29) is 11.9 Å². The lowest BCUT2D eigenvalue weighted by molar-refractivity contribution is 0.0933. The highest BCUT2D eigenvalue weighted by molar-refractivity contribution is 5.93. The quantitative estimate of drug-likeness (QED) is 0.769. The van der Waals surface area contributed by atoms with Gasteiger partial charge >= 0.3 is 0 Å². The highest BCUT2D eigenvalue weighted by Crippen LogP contribution is 2.21. The van der Waals surface area contributed by atoms with Crippen molar-refractivity contribution in [1.82, 2.24) is 25.5 Å². The number of carbonyl (C=O) groups excluding carboxylic acids is 1. The van der Waals surface area contributed by atoms with Crippen molar-refractivity contribution in [2.24, 2.45) is 0 Å². The second kappa shape index (κ2) is 6.27. The summed E-state index contributed by atoms with van der Waals surface area (Å²) in [6.45, 7) is 7.39. The Hall–Kier alpha value is -2.96. The number of rotatable bonds is 4. The van der Waals surface area contributed by atoms with Crippen LogP contribution in [0.15, 0.2) is 28.7 Å². The van der Waals surface area contributed by atoms with E-state index in [4.69, 9.17) is 4.42 Å². The highest BCUT2D eigenvalue weighted by Gasteiger charge is 2.17.